The van der Waals surface area contributed by atoms with Crippen LogP contribution in [0.2, 0.25) is 0 Å². The molecule has 2 aromatic heterocycles. The van der Waals surface area contributed by atoms with Crippen molar-refractivity contribution in [3.05, 3.63) is 102 Å². The van der Waals surface area contributed by atoms with Crippen LogP contribution in [0.25, 0.3) is 22.4 Å². The van der Waals surface area contributed by atoms with E-state index in [4.69, 9.17) is 0 Å². The van der Waals surface area contributed by atoms with Crippen LogP contribution in [0.15, 0.2) is 91.3 Å². The maximum Gasteiger partial charge on any atom is 0.255 e. The predicted molar refractivity (Wildman–Crippen MR) is 117 cm³/mol. The Kier molecular flexibility index (Phi) is 4.57. The van der Waals surface area contributed by atoms with Crippen LogP contribution in [0.3, 0.4) is 0 Å². The molecule has 2 heterocycles. The number of carbonyl (C=O) groups is 1. The summed E-state index contributed by atoms with van der Waals surface area (Å²) in [6.45, 7) is 0.679. The number of fused-ring (bicyclic) bond motifs is 1. The Labute approximate surface area is 173 Å². The zero-order valence-electron chi connectivity index (χ0n) is 16.1. The van der Waals surface area contributed by atoms with Gasteiger partial charge in [-0.05, 0) is 60.2 Å². The summed E-state index contributed by atoms with van der Waals surface area (Å²) in [7, 11) is 0. The van der Waals surface area contributed by atoms with Gasteiger partial charge in [-0.2, -0.15) is 5.10 Å². The van der Waals surface area contributed by atoms with Gasteiger partial charge in [-0.25, -0.2) is 4.98 Å². The maximum absolute atomic E-state index is 12.6. The molecular formula is C24H19N5O. The molecule has 0 aliphatic heterocycles. The summed E-state index contributed by atoms with van der Waals surface area (Å²) in [5.41, 5.74) is 5.33. The van der Waals surface area contributed by atoms with Gasteiger partial charge in [-0.3, -0.25) is 9.48 Å². The van der Waals surface area contributed by atoms with Crippen molar-refractivity contribution in [1.29, 1.82) is 0 Å². The van der Waals surface area contributed by atoms with Gasteiger partial charge >= 0.3 is 0 Å². The Bertz CT molecular complexity index is 1250. The van der Waals surface area contributed by atoms with Crippen LogP contribution in [0.1, 0.15) is 15.9 Å². The molecule has 0 radical (unpaired) electrons. The molecule has 30 heavy (non-hydrogen) atoms. The van der Waals surface area contributed by atoms with Crippen LogP contribution in [0.5, 0.6) is 0 Å². The maximum atomic E-state index is 12.6. The highest BCUT2D eigenvalue weighted by Crippen LogP contribution is 2.22. The minimum atomic E-state index is -0.142. The topological polar surface area (TPSA) is 75.6 Å². The minimum Gasteiger partial charge on any atom is -0.338 e. The van der Waals surface area contributed by atoms with Crippen molar-refractivity contribution >= 4 is 22.6 Å². The minimum absolute atomic E-state index is 0.142. The van der Waals surface area contributed by atoms with Crippen LogP contribution in [0.4, 0.5) is 5.69 Å². The molecule has 2 N–H and O–H groups in total. The van der Waals surface area contributed by atoms with Crippen LogP contribution in [-0.2, 0) is 6.54 Å². The molecule has 1 amide bonds. The van der Waals surface area contributed by atoms with Crippen molar-refractivity contribution in [2.45, 2.75) is 6.54 Å². The zero-order valence-corrected chi connectivity index (χ0v) is 16.1. The van der Waals surface area contributed by atoms with Crippen molar-refractivity contribution < 1.29 is 4.79 Å². The normalized spacial score (nSPS) is 10.9. The first-order valence-electron chi connectivity index (χ1n) is 9.67. The summed E-state index contributed by atoms with van der Waals surface area (Å²) in [4.78, 5) is 20.5. The second-order valence-electron chi connectivity index (χ2n) is 7.03. The molecule has 0 atom stereocenters. The number of para-hydroxylation sites is 2. The molecule has 3 aromatic carbocycles. The summed E-state index contributed by atoms with van der Waals surface area (Å²) in [6.07, 6.45) is 3.66. The number of carbonyl (C=O) groups excluding carboxylic acids is 1. The average molecular weight is 393 g/mol. The Morgan fingerprint density at radius 3 is 2.47 bits per heavy atom. The fourth-order valence-electron chi connectivity index (χ4n) is 3.35. The number of amides is 1. The molecular weight excluding hydrogens is 374 g/mol. The van der Waals surface area contributed by atoms with Gasteiger partial charge in [0, 0.05) is 29.2 Å². The number of nitrogens with one attached hydrogen (secondary N) is 2. The molecule has 0 unspecified atom stereocenters. The molecule has 146 valence electrons. The monoisotopic (exact) mass is 393 g/mol. The molecule has 5 aromatic rings. The highest BCUT2D eigenvalue weighted by Gasteiger charge is 2.08. The lowest BCUT2D eigenvalue weighted by Crippen LogP contribution is -2.12. The van der Waals surface area contributed by atoms with E-state index in [1.807, 2.05) is 89.7 Å². The summed E-state index contributed by atoms with van der Waals surface area (Å²) in [5.74, 6) is 0.666. The first-order chi connectivity index (χ1) is 14.7. The number of imidazole rings is 1. The van der Waals surface area contributed by atoms with Crippen LogP contribution >= 0.6 is 0 Å². The van der Waals surface area contributed by atoms with Gasteiger partial charge in [0.25, 0.3) is 5.91 Å². The lowest BCUT2D eigenvalue weighted by Gasteiger charge is -2.07. The predicted octanol–water partition coefficient (Wildman–Crippen LogP) is 4.73. The molecule has 6 nitrogen and oxygen atoms in total. The van der Waals surface area contributed by atoms with Crippen molar-refractivity contribution in [3.63, 3.8) is 0 Å². The molecule has 0 aliphatic rings. The lowest BCUT2D eigenvalue weighted by molar-refractivity contribution is 0.102. The molecule has 0 bridgehead atoms. The molecule has 5 rings (SSSR count). The Morgan fingerprint density at radius 1 is 0.933 bits per heavy atom. The van der Waals surface area contributed by atoms with E-state index in [2.05, 4.69) is 20.4 Å². The number of aromatic amines is 1. The first kappa shape index (κ1) is 17.9. The Morgan fingerprint density at radius 2 is 1.73 bits per heavy atom. The van der Waals surface area contributed by atoms with E-state index in [1.165, 1.54) is 0 Å². The molecule has 0 aliphatic carbocycles. The molecule has 0 fully saturated rings. The van der Waals surface area contributed by atoms with Gasteiger partial charge in [0.15, 0.2) is 0 Å². The van der Waals surface area contributed by atoms with Gasteiger partial charge < -0.3 is 10.3 Å². The van der Waals surface area contributed by atoms with E-state index in [0.29, 0.717) is 12.1 Å². The number of rotatable bonds is 5. The third kappa shape index (κ3) is 3.71. The number of hydrogen-bond acceptors (Lipinski definition) is 3. The number of hydrogen-bond donors (Lipinski definition) is 2. The highest BCUT2D eigenvalue weighted by molar-refractivity contribution is 6.04. The zero-order chi connectivity index (χ0) is 20.3. The number of nitrogens with zero attached hydrogens (tertiary/aromatic N) is 3. The van der Waals surface area contributed by atoms with Gasteiger partial charge in [0.2, 0.25) is 0 Å². The number of benzene rings is 3. The van der Waals surface area contributed by atoms with E-state index >= 15 is 0 Å². The van der Waals surface area contributed by atoms with Crippen molar-refractivity contribution in [1.82, 2.24) is 19.7 Å². The van der Waals surface area contributed by atoms with Gasteiger partial charge in [-0.1, -0.05) is 24.3 Å². The van der Waals surface area contributed by atoms with Gasteiger partial charge in [0.05, 0.1) is 17.6 Å². The van der Waals surface area contributed by atoms with E-state index in [0.717, 1.165) is 33.7 Å². The van der Waals surface area contributed by atoms with Gasteiger partial charge in [-0.15, -0.1) is 0 Å². The Balaban J connectivity index is 1.26. The first-order valence-corrected chi connectivity index (χ1v) is 9.67. The number of anilines is 1. The van der Waals surface area contributed by atoms with Crippen molar-refractivity contribution in [2.24, 2.45) is 0 Å². The third-order valence-electron chi connectivity index (χ3n) is 4.93. The largest absolute Gasteiger partial charge is 0.338 e. The smallest absolute Gasteiger partial charge is 0.255 e. The van der Waals surface area contributed by atoms with E-state index in [1.54, 1.807) is 6.20 Å². The second-order valence-corrected chi connectivity index (χ2v) is 7.03. The van der Waals surface area contributed by atoms with Crippen molar-refractivity contribution in [2.75, 3.05) is 5.32 Å². The molecule has 6 heteroatoms. The summed E-state index contributed by atoms with van der Waals surface area (Å²) in [6, 6.07) is 25.0. The van der Waals surface area contributed by atoms with Crippen LogP contribution < -0.4 is 5.32 Å². The summed E-state index contributed by atoms with van der Waals surface area (Å²) < 4.78 is 1.85. The van der Waals surface area contributed by atoms with E-state index in [-0.39, 0.29) is 5.91 Å². The summed E-state index contributed by atoms with van der Waals surface area (Å²) >= 11 is 0. The SMILES string of the molecule is O=C(Nc1ccc(-c2nc3ccccc3[nH]2)cc1)c1ccc(Cn2cccn2)cc1. The Hall–Kier alpha value is -4.19. The van der Waals surface area contributed by atoms with Crippen molar-refractivity contribution in [3.8, 4) is 11.4 Å². The average Bonchev–Trinajstić information content (AvgIpc) is 3.44. The fourth-order valence-corrected chi connectivity index (χ4v) is 3.35. The van der Waals surface area contributed by atoms with Crippen LogP contribution in [-0.4, -0.2) is 25.7 Å². The highest BCUT2D eigenvalue weighted by atomic mass is 16.1. The van der Waals surface area contributed by atoms with E-state index in [9.17, 15) is 4.79 Å². The van der Waals surface area contributed by atoms with Crippen LogP contribution in [0, 0.1) is 0 Å². The standard InChI is InChI=1S/C24H19N5O/c30-24(19-8-6-17(7-9-19)16-29-15-3-14-25-29)26-20-12-10-18(11-13-20)23-27-21-4-1-2-5-22(21)28-23/h1-15H,16H2,(H,26,30)(H,27,28). The lowest BCUT2D eigenvalue weighted by atomic mass is 10.1. The number of H-pyrrole nitrogens is 1. The van der Waals surface area contributed by atoms with E-state index < -0.39 is 0 Å². The molecule has 0 spiro atoms. The summed E-state index contributed by atoms with van der Waals surface area (Å²) in [5, 5.41) is 7.14. The second kappa shape index (κ2) is 7.67. The molecule has 0 saturated heterocycles. The quantitative estimate of drug-likeness (QED) is 0.453. The fraction of sp³-hybridized carbons (Fsp3) is 0.0417. The third-order valence-corrected chi connectivity index (χ3v) is 4.93. The number of aromatic nitrogens is 4. The van der Waals surface area contributed by atoms with Gasteiger partial charge in [0.1, 0.15) is 5.82 Å². The molecule has 0 saturated carbocycles.